The summed E-state index contributed by atoms with van der Waals surface area (Å²) in [6, 6.07) is 7.59. The Hall–Kier alpha value is -2.13. The second-order valence-corrected chi connectivity index (χ2v) is 8.09. The van der Waals surface area contributed by atoms with Gasteiger partial charge in [0.25, 0.3) is 5.91 Å². The normalized spacial score (nSPS) is 20.6. The summed E-state index contributed by atoms with van der Waals surface area (Å²) in [5, 5.41) is 0. The molecule has 130 valence electrons. The standard InChI is InChI=1S/C16H15N3O4S2/c20-13-8-23-16(22)19(13)10-5-6-18(7-10)14(21)9-24-15-17-11-3-1-2-4-12(11)25-15/h1-4,10H,5-9H2. The third kappa shape index (κ3) is 3.21. The van der Waals surface area contributed by atoms with Crippen LogP contribution >= 0.6 is 23.1 Å². The van der Waals surface area contributed by atoms with E-state index in [0.29, 0.717) is 25.3 Å². The Labute approximate surface area is 151 Å². The number of fused-ring (bicyclic) bond motifs is 1. The Balaban J connectivity index is 1.34. The van der Waals surface area contributed by atoms with Gasteiger partial charge >= 0.3 is 6.09 Å². The SMILES string of the molecule is O=C(CSc1nc2ccccc2s1)N1CCC(N2C(=O)COC2=O)C1. The Morgan fingerprint density at radius 3 is 2.96 bits per heavy atom. The molecule has 4 rings (SSSR count). The molecule has 2 aromatic rings. The van der Waals surface area contributed by atoms with Gasteiger partial charge in [-0.25, -0.2) is 14.7 Å². The molecule has 1 unspecified atom stereocenters. The fourth-order valence-electron chi connectivity index (χ4n) is 3.02. The van der Waals surface area contributed by atoms with Gasteiger partial charge in [0.2, 0.25) is 5.91 Å². The van der Waals surface area contributed by atoms with E-state index in [1.807, 2.05) is 24.3 Å². The number of thiazole rings is 1. The number of ether oxygens (including phenoxy) is 1. The molecule has 0 saturated carbocycles. The van der Waals surface area contributed by atoms with Gasteiger partial charge in [0.1, 0.15) is 0 Å². The summed E-state index contributed by atoms with van der Waals surface area (Å²) >= 11 is 2.99. The van der Waals surface area contributed by atoms with Crippen molar-refractivity contribution in [2.75, 3.05) is 25.4 Å². The number of carbonyl (C=O) groups excluding carboxylic acids is 3. The van der Waals surface area contributed by atoms with Crippen LogP contribution in [0.3, 0.4) is 0 Å². The molecule has 2 saturated heterocycles. The Bertz CT molecular complexity index is 804. The number of aromatic nitrogens is 1. The number of rotatable bonds is 4. The van der Waals surface area contributed by atoms with Crippen LogP contribution in [0.15, 0.2) is 28.6 Å². The van der Waals surface area contributed by atoms with Gasteiger partial charge in [-0.05, 0) is 18.6 Å². The number of benzene rings is 1. The van der Waals surface area contributed by atoms with Gasteiger partial charge in [0.05, 0.1) is 22.0 Å². The summed E-state index contributed by atoms with van der Waals surface area (Å²) in [5.74, 6) is -0.0368. The van der Waals surface area contributed by atoms with E-state index in [0.717, 1.165) is 19.5 Å². The van der Waals surface area contributed by atoms with E-state index in [2.05, 4.69) is 4.98 Å². The lowest BCUT2D eigenvalue weighted by atomic mass is 10.2. The average Bonchev–Trinajstić information content (AvgIpc) is 3.31. The number of nitrogens with zero attached hydrogens (tertiary/aromatic N) is 3. The monoisotopic (exact) mass is 377 g/mol. The molecular weight excluding hydrogens is 362 g/mol. The number of amides is 3. The molecule has 0 N–H and O–H groups in total. The summed E-state index contributed by atoms with van der Waals surface area (Å²) in [7, 11) is 0. The van der Waals surface area contributed by atoms with Gasteiger partial charge in [0, 0.05) is 13.1 Å². The van der Waals surface area contributed by atoms with Crippen LogP contribution in [-0.2, 0) is 14.3 Å². The van der Waals surface area contributed by atoms with Crippen molar-refractivity contribution in [1.29, 1.82) is 0 Å². The van der Waals surface area contributed by atoms with Crippen molar-refractivity contribution >= 4 is 51.2 Å². The highest BCUT2D eigenvalue weighted by Gasteiger charge is 2.41. The fraction of sp³-hybridized carbons (Fsp3) is 0.375. The van der Waals surface area contributed by atoms with E-state index in [9.17, 15) is 14.4 Å². The average molecular weight is 377 g/mol. The first kappa shape index (κ1) is 16.3. The Morgan fingerprint density at radius 2 is 2.20 bits per heavy atom. The van der Waals surface area contributed by atoms with Gasteiger partial charge in [0.15, 0.2) is 10.9 Å². The minimum atomic E-state index is -0.604. The molecule has 9 heteroatoms. The van der Waals surface area contributed by atoms with E-state index in [4.69, 9.17) is 4.74 Å². The molecule has 2 aliphatic heterocycles. The van der Waals surface area contributed by atoms with Crippen LogP contribution < -0.4 is 0 Å². The zero-order valence-corrected chi connectivity index (χ0v) is 14.8. The molecule has 7 nitrogen and oxygen atoms in total. The molecule has 3 amide bonds. The third-order valence-electron chi connectivity index (χ3n) is 4.26. The lowest BCUT2D eigenvalue weighted by Gasteiger charge is -2.20. The van der Waals surface area contributed by atoms with Gasteiger partial charge in [-0.3, -0.25) is 9.59 Å². The van der Waals surface area contributed by atoms with Crippen LogP contribution in [0.25, 0.3) is 10.2 Å². The zero-order chi connectivity index (χ0) is 17.4. The summed E-state index contributed by atoms with van der Waals surface area (Å²) < 4.78 is 6.71. The lowest BCUT2D eigenvalue weighted by Crippen LogP contribution is -2.42. The highest BCUT2D eigenvalue weighted by Crippen LogP contribution is 2.30. The molecule has 0 bridgehead atoms. The van der Waals surface area contributed by atoms with E-state index >= 15 is 0 Å². The second-order valence-electron chi connectivity index (χ2n) is 5.84. The number of imide groups is 1. The van der Waals surface area contributed by atoms with Crippen molar-refractivity contribution in [2.45, 2.75) is 16.8 Å². The number of para-hydroxylation sites is 1. The molecule has 1 aromatic heterocycles. The van der Waals surface area contributed by atoms with Crippen LogP contribution in [0.4, 0.5) is 4.79 Å². The van der Waals surface area contributed by atoms with Crippen molar-refractivity contribution in [1.82, 2.24) is 14.8 Å². The van der Waals surface area contributed by atoms with Crippen LogP contribution in [0.2, 0.25) is 0 Å². The molecule has 25 heavy (non-hydrogen) atoms. The number of cyclic esters (lactones) is 1. The zero-order valence-electron chi connectivity index (χ0n) is 13.2. The first-order chi connectivity index (χ1) is 12.1. The molecule has 3 heterocycles. The van der Waals surface area contributed by atoms with Gasteiger partial charge in [-0.1, -0.05) is 23.9 Å². The van der Waals surface area contributed by atoms with Gasteiger partial charge in [-0.15, -0.1) is 11.3 Å². The van der Waals surface area contributed by atoms with Crippen molar-refractivity contribution in [3.8, 4) is 0 Å². The van der Waals surface area contributed by atoms with Crippen LogP contribution in [0, 0.1) is 0 Å². The third-order valence-corrected chi connectivity index (χ3v) is 6.42. The van der Waals surface area contributed by atoms with E-state index < -0.39 is 6.09 Å². The maximum atomic E-state index is 12.4. The minimum Gasteiger partial charge on any atom is -0.439 e. The molecule has 2 aliphatic rings. The van der Waals surface area contributed by atoms with Crippen molar-refractivity contribution in [2.24, 2.45) is 0 Å². The first-order valence-corrected chi connectivity index (χ1v) is 9.67. The molecule has 1 atom stereocenters. The van der Waals surface area contributed by atoms with Crippen LogP contribution in [0.5, 0.6) is 0 Å². The molecule has 0 spiro atoms. The molecular formula is C16H15N3O4S2. The summed E-state index contributed by atoms with van der Waals surface area (Å²) in [4.78, 5) is 43.1. The van der Waals surface area contributed by atoms with E-state index in [1.54, 1.807) is 16.2 Å². The summed E-state index contributed by atoms with van der Waals surface area (Å²) in [6.07, 6.45) is -0.00795. The first-order valence-electron chi connectivity index (χ1n) is 7.87. The smallest absolute Gasteiger partial charge is 0.417 e. The largest absolute Gasteiger partial charge is 0.439 e. The minimum absolute atomic E-state index is 0.00762. The summed E-state index contributed by atoms with van der Waals surface area (Å²) in [6.45, 7) is 0.720. The van der Waals surface area contributed by atoms with E-state index in [1.165, 1.54) is 11.8 Å². The Kier molecular flexibility index (Phi) is 4.34. The van der Waals surface area contributed by atoms with Crippen LogP contribution in [-0.4, -0.2) is 64.2 Å². The number of carbonyl (C=O) groups is 3. The predicted octanol–water partition coefficient (Wildman–Crippen LogP) is 1.97. The van der Waals surface area contributed by atoms with Crippen molar-refractivity contribution in [3.63, 3.8) is 0 Å². The number of hydrogen-bond acceptors (Lipinski definition) is 7. The number of hydrogen-bond donors (Lipinski definition) is 0. The maximum Gasteiger partial charge on any atom is 0.417 e. The number of thioether (sulfide) groups is 1. The predicted molar refractivity (Wildman–Crippen MR) is 93.5 cm³/mol. The molecule has 0 aliphatic carbocycles. The highest BCUT2D eigenvalue weighted by atomic mass is 32.2. The van der Waals surface area contributed by atoms with Gasteiger partial charge in [-0.2, -0.15) is 0 Å². The fourth-order valence-corrected chi connectivity index (χ4v) is 4.99. The quantitative estimate of drug-likeness (QED) is 0.758. The summed E-state index contributed by atoms with van der Waals surface area (Å²) in [5.41, 5.74) is 0.940. The maximum absolute atomic E-state index is 12.4. The van der Waals surface area contributed by atoms with Crippen LogP contribution in [0.1, 0.15) is 6.42 Å². The molecule has 2 fully saturated rings. The van der Waals surface area contributed by atoms with Crippen molar-refractivity contribution < 1.29 is 19.1 Å². The second kappa shape index (κ2) is 6.64. The topological polar surface area (TPSA) is 79.8 Å². The molecule has 0 radical (unpaired) electrons. The van der Waals surface area contributed by atoms with E-state index in [-0.39, 0.29) is 24.5 Å². The lowest BCUT2D eigenvalue weighted by molar-refractivity contribution is -0.129. The number of likely N-dealkylation sites (tertiary alicyclic amines) is 1. The molecule has 1 aromatic carbocycles. The van der Waals surface area contributed by atoms with Gasteiger partial charge < -0.3 is 9.64 Å². The Morgan fingerprint density at radius 1 is 1.36 bits per heavy atom. The highest BCUT2D eigenvalue weighted by molar-refractivity contribution is 8.01. The van der Waals surface area contributed by atoms with Crippen molar-refractivity contribution in [3.05, 3.63) is 24.3 Å².